The van der Waals surface area contributed by atoms with Crippen molar-refractivity contribution >= 4 is 23.6 Å². The summed E-state index contributed by atoms with van der Waals surface area (Å²) >= 11 is 0. The van der Waals surface area contributed by atoms with Gasteiger partial charge >= 0.3 is 0 Å². The Morgan fingerprint density at radius 1 is 0.658 bits per heavy atom. The molecule has 0 saturated carbocycles. The van der Waals surface area contributed by atoms with Gasteiger partial charge in [0.05, 0.1) is 26.4 Å². The van der Waals surface area contributed by atoms with E-state index in [4.69, 9.17) is 9.47 Å². The van der Waals surface area contributed by atoms with Gasteiger partial charge in [-0.25, -0.2) is 0 Å². The zero-order chi connectivity index (χ0) is 29.0. The number of hydrogen-bond donors (Lipinski definition) is 4. The van der Waals surface area contributed by atoms with Gasteiger partial charge < -0.3 is 30.7 Å². The number of ether oxygens (including phenoxy) is 2. The molecule has 0 radical (unpaired) electrons. The van der Waals surface area contributed by atoms with Crippen LogP contribution >= 0.6 is 0 Å². The fourth-order valence-corrected chi connectivity index (χ4v) is 3.88. The topological polar surface area (TPSA) is 135 Å². The van der Waals surface area contributed by atoms with Crippen LogP contribution in [-0.2, 0) is 28.7 Å². The van der Waals surface area contributed by atoms with Crippen molar-refractivity contribution < 1.29 is 28.7 Å². The van der Waals surface area contributed by atoms with E-state index in [0.29, 0.717) is 59.0 Å². The lowest BCUT2D eigenvalue weighted by molar-refractivity contribution is -0.130. The summed E-state index contributed by atoms with van der Waals surface area (Å²) in [6.45, 7) is 16.7. The van der Waals surface area contributed by atoms with Crippen LogP contribution in [-0.4, -0.2) is 76.2 Å². The second-order valence-electron chi connectivity index (χ2n) is 11.1. The van der Waals surface area contributed by atoms with E-state index in [0.717, 1.165) is 25.7 Å². The Bertz CT molecular complexity index is 711. The normalized spacial score (nSPS) is 12.5. The van der Waals surface area contributed by atoms with Crippen molar-refractivity contribution in [3.63, 3.8) is 0 Å². The Balaban J connectivity index is 3.77. The molecule has 0 fully saturated rings. The minimum absolute atomic E-state index is 0.0222. The van der Waals surface area contributed by atoms with Gasteiger partial charge in [-0.3, -0.25) is 19.2 Å². The Hall–Kier alpha value is -2.20. The van der Waals surface area contributed by atoms with Crippen molar-refractivity contribution in [1.29, 1.82) is 0 Å². The highest BCUT2D eigenvalue weighted by atomic mass is 16.5. The van der Waals surface area contributed by atoms with Gasteiger partial charge in [0.15, 0.2) is 0 Å². The molecule has 0 aliphatic carbocycles. The average Bonchev–Trinajstić information content (AvgIpc) is 2.85. The molecule has 4 N–H and O–H groups in total. The minimum Gasteiger partial charge on any atom is -0.378 e. The molecule has 222 valence electrons. The highest BCUT2D eigenvalue weighted by Crippen LogP contribution is 2.22. The van der Waals surface area contributed by atoms with Crippen LogP contribution in [0.2, 0.25) is 0 Å². The molecule has 0 aromatic rings. The van der Waals surface area contributed by atoms with Crippen LogP contribution in [0.15, 0.2) is 0 Å². The van der Waals surface area contributed by atoms with E-state index >= 15 is 0 Å². The van der Waals surface area contributed by atoms with Gasteiger partial charge in [0, 0.05) is 49.3 Å². The fourth-order valence-electron chi connectivity index (χ4n) is 3.88. The lowest BCUT2D eigenvalue weighted by atomic mass is 9.87. The smallest absolute Gasteiger partial charge is 0.225 e. The summed E-state index contributed by atoms with van der Waals surface area (Å²) in [6, 6.07) is 0. The van der Waals surface area contributed by atoms with Crippen molar-refractivity contribution in [3.05, 3.63) is 0 Å². The van der Waals surface area contributed by atoms with Crippen molar-refractivity contribution in [2.75, 3.05) is 52.6 Å². The van der Waals surface area contributed by atoms with E-state index < -0.39 is 0 Å². The van der Waals surface area contributed by atoms with Gasteiger partial charge in [-0.1, -0.05) is 61.3 Å². The molecular weight excluding hydrogens is 488 g/mol. The first-order chi connectivity index (χ1) is 17.9. The molecule has 10 nitrogen and oxygen atoms in total. The van der Waals surface area contributed by atoms with Crippen molar-refractivity contribution in [1.82, 2.24) is 21.3 Å². The van der Waals surface area contributed by atoms with Crippen molar-refractivity contribution in [3.8, 4) is 0 Å². The predicted octanol–water partition coefficient (Wildman–Crippen LogP) is 2.55. The summed E-state index contributed by atoms with van der Waals surface area (Å²) in [5.74, 6) is -0.500. The molecule has 0 bridgehead atoms. The first kappa shape index (κ1) is 35.8. The largest absolute Gasteiger partial charge is 0.378 e. The first-order valence-corrected chi connectivity index (χ1v) is 14.1. The summed E-state index contributed by atoms with van der Waals surface area (Å²) < 4.78 is 10.9. The predicted molar refractivity (Wildman–Crippen MR) is 149 cm³/mol. The maximum Gasteiger partial charge on any atom is 0.225 e. The number of carbonyl (C=O) groups excluding carboxylic acids is 4. The summed E-state index contributed by atoms with van der Waals surface area (Å²) in [5, 5.41) is 11.3. The molecule has 0 aliphatic rings. The van der Waals surface area contributed by atoms with Crippen LogP contribution in [0.25, 0.3) is 0 Å². The summed E-state index contributed by atoms with van der Waals surface area (Å²) in [7, 11) is 0. The zero-order valence-corrected chi connectivity index (χ0v) is 24.9. The van der Waals surface area contributed by atoms with E-state index in [2.05, 4.69) is 35.1 Å². The lowest BCUT2D eigenvalue weighted by Crippen LogP contribution is -2.39. The Morgan fingerprint density at radius 3 is 1.47 bits per heavy atom. The van der Waals surface area contributed by atoms with E-state index in [1.165, 1.54) is 0 Å². The monoisotopic (exact) mass is 542 g/mol. The number of nitrogens with one attached hydrogen (secondary N) is 4. The van der Waals surface area contributed by atoms with Crippen LogP contribution < -0.4 is 21.3 Å². The molecule has 0 saturated heterocycles. The molecule has 0 aromatic heterocycles. The first-order valence-electron chi connectivity index (χ1n) is 14.1. The molecule has 38 heavy (non-hydrogen) atoms. The van der Waals surface area contributed by atoms with Crippen molar-refractivity contribution in [2.24, 2.45) is 16.7 Å². The zero-order valence-electron chi connectivity index (χ0n) is 24.9. The second-order valence-corrected chi connectivity index (χ2v) is 11.1. The third-order valence-corrected chi connectivity index (χ3v) is 6.41. The number of carbonyl (C=O) groups is 4. The van der Waals surface area contributed by atoms with Gasteiger partial charge in [0.1, 0.15) is 0 Å². The van der Waals surface area contributed by atoms with E-state index in [9.17, 15) is 19.2 Å². The molecule has 0 aromatic carbocycles. The molecule has 10 heteroatoms. The summed E-state index contributed by atoms with van der Waals surface area (Å²) in [6.07, 6.45) is 4.27. The van der Waals surface area contributed by atoms with Gasteiger partial charge in [0.2, 0.25) is 23.6 Å². The van der Waals surface area contributed by atoms with E-state index in [1.807, 2.05) is 27.7 Å². The van der Waals surface area contributed by atoms with Gasteiger partial charge in [-0.2, -0.15) is 0 Å². The quantitative estimate of drug-likeness (QED) is 0.155. The van der Waals surface area contributed by atoms with Crippen LogP contribution in [0.1, 0.15) is 87.0 Å². The molecule has 0 heterocycles. The number of amides is 4. The third kappa shape index (κ3) is 16.6. The maximum atomic E-state index is 12.2. The molecule has 0 unspecified atom stereocenters. The maximum absolute atomic E-state index is 12.2. The Labute approximate surface area is 230 Å². The van der Waals surface area contributed by atoms with Gasteiger partial charge in [-0.05, 0) is 19.3 Å². The standard InChI is InChI=1S/C28H54N4O6/c1-8-12-27(4,5)25(35)31-16-20-37-18-14-29-23(33)11-10-22(3)24(34)30-15-19-38-21-17-32-26(36)28(6,7)13-9-2/h22H,8-21H2,1-7H3,(H,29,33)(H,30,34)(H,31,35)(H,32,36)/t22-/m0/s1. The molecule has 0 aliphatic heterocycles. The highest BCUT2D eigenvalue weighted by Gasteiger charge is 2.26. The fraction of sp³-hybridized carbons (Fsp3) is 0.857. The second kappa shape index (κ2) is 19.8. The minimum atomic E-state index is -0.380. The SMILES string of the molecule is CCCC(C)(C)C(=O)NCCOCCNC(=O)CC[C@H](C)C(=O)NCCOCCNC(=O)C(C)(C)CCC. The van der Waals surface area contributed by atoms with E-state index in [-0.39, 0.29) is 46.8 Å². The molecule has 0 spiro atoms. The summed E-state index contributed by atoms with van der Waals surface area (Å²) in [4.78, 5) is 48.5. The lowest BCUT2D eigenvalue weighted by Gasteiger charge is -2.22. The molecular formula is C28H54N4O6. The molecule has 1 atom stereocenters. The Kier molecular flexibility index (Phi) is 18.7. The van der Waals surface area contributed by atoms with E-state index in [1.54, 1.807) is 6.92 Å². The summed E-state index contributed by atoms with van der Waals surface area (Å²) in [5.41, 5.74) is -0.759. The van der Waals surface area contributed by atoms with Gasteiger partial charge in [-0.15, -0.1) is 0 Å². The number of rotatable bonds is 22. The van der Waals surface area contributed by atoms with Crippen LogP contribution in [0, 0.1) is 16.7 Å². The third-order valence-electron chi connectivity index (χ3n) is 6.41. The van der Waals surface area contributed by atoms with Crippen molar-refractivity contribution in [2.45, 2.75) is 87.0 Å². The molecule has 4 amide bonds. The average molecular weight is 543 g/mol. The van der Waals surface area contributed by atoms with Crippen LogP contribution in [0.4, 0.5) is 0 Å². The highest BCUT2D eigenvalue weighted by molar-refractivity contribution is 5.82. The van der Waals surface area contributed by atoms with Crippen LogP contribution in [0.3, 0.4) is 0 Å². The van der Waals surface area contributed by atoms with Gasteiger partial charge in [0.25, 0.3) is 0 Å². The van der Waals surface area contributed by atoms with Crippen LogP contribution in [0.5, 0.6) is 0 Å². The Morgan fingerprint density at radius 2 is 1.05 bits per heavy atom. The number of hydrogen-bond acceptors (Lipinski definition) is 6. The molecule has 0 rings (SSSR count).